The second-order valence-corrected chi connectivity index (χ2v) is 6.68. The Labute approximate surface area is 146 Å². The molecule has 5 nitrogen and oxygen atoms in total. The lowest BCUT2D eigenvalue weighted by Crippen LogP contribution is -2.31. The third-order valence-corrected chi connectivity index (χ3v) is 5.53. The lowest BCUT2D eigenvalue weighted by Gasteiger charge is -2.22. The van der Waals surface area contributed by atoms with E-state index in [-0.39, 0.29) is 17.8 Å². The molecule has 3 aromatic rings. The van der Waals surface area contributed by atoms with E-state index in [1.807, 2.05) is 24.4 Å². The van der Waals surface area contributed by atoms with E-state index in [2.05, 4.69) is 27.6 Å². The Morgan fingerprint density at radius 1 is 1.21 bits per heavy atom. The second kappa shape index (κ2) is 5.83. The topological polar surface area (TPSA) is 63.8 Å². The molecule has 0 amide bonds. The van der Waals surface area contributed by atoms with Crippen LogP contribution in [0.5, 0.6) is 0 Å². The molecule has 0 bridgehead atoms. The molecular formula is C18H19ClN4O. The van der Waals surface area contributed by atoms with Crippen LogP contribution < -0.4 is 5.32 Å². The van der Waals surface area contributed by atoms with Crippen molar-refractivity contribution in [2.24, 2.45) is 5.92 Å². The average molecular weight is 343 g/mol. The molecule has 2 aliphatic rings. The summed E-state index contributed by atoms with van der Waals surface area (Å²) in [6.07, 6.45) is 5.44. The minimum atomic E-state index is 0. The number of rotatable bonds is 2. The minimum Gasteiger partial charge on any atom is -0.338 e. The molecule has 0 spiro atoms. The summed E-state index contributed by atoms with van der Waals surface area (Å²) in [4.78, 5) is 9.27. The zero-order valence-electron chi connectivity index (χ0n) is 13.2. The SMILES string of the molecule is Cl.c1ccc2c(-c3noc([C@@]45CCC[C@@H]4CNC5)n3)nccc2c1. The summed E-state index contributed by atoms with van der Waals surface area (Å²) in [7, 11) is 0. The fourth-order valence-corrected chi connectivity index (χ4v) is 4.32. The number of fused-ring (bicyclic) bond motifs is 2. The Morgan fingerprint density at radius 3 is 3.08 bits per heavy atom. The molecule has 1 saturated heterocycles. The number of hydrogen-bond donors (Lipinski definition) is 1. The molecule has 124 valence electrons. The highest BCUT2D eigenvalue weighted by Gasteiger charge is 2.51. The Morgan fingerprint density at radius 2 is 2.12 bits per heavy atom. The van der Waals surface area contributed by atoms with E-state index < -0.39 is 0 Å². The number of nitrogens with zero attached hydrogens (tertiary/aromatic N) is 3. The Bertz CT molecular complexity index is 863. The van der Waals surface area contributed by atoms with Crippen LogP contribution in [0.4, 0.5) is 0 Å². The molecule has 6 heteroatoms. The van der Waals surface area contributed by atoms with Gasteiger partial charge in [0.1, 0.15) is 5.69 Å². The Hall–Kier alpha value is -1.98. The standard InChI is InChI=1S/C18H18N4O.ClH/c1-2-6-14-12(4-1)7-9-20-15(14)16-21-17(23-22-16)18-8-3-5-13(18)10-19-11-18;/h1-2,4,6-7,9,13,19H,3,5,8,10-11H2;1H/t13-,18-;/m1./s1. The van der Waals surface area contributed by atoms with Gasteiger partial charge in [-0.15, -0.1) is 12.4 Å². The van der Waals surface area contributed by atoms with Crippen LogP contribution >= 0.6 is 12.4 Å². The fourth-order valence-electron chi connectivity index (χ4n) is 4.32. The van der Waals surface area contributed by atoms with Crippen molar-refractivity contribution in [1.29, 1.82) is 0 Å². The molecule has 0 radical (unpaired) electrons. The quantitative estimate of drug-likeness (QED) is 0.773. The first-order chi connectivity index (χ1) is 11.4. The van der Waals surface area contributed by atoms with Crippen LogP contribution in [0.3, 0.4) is 0 Å². The van der Waals surface area contributed by atoms with Crippen LogP contribution in [0.2, 0.25) is 0 Å². The number of benzene rings is 1. The highest BCUT2D eigenvalue weighted by molar-refractivity contribution is 5.92. The van der Waals surface area contributed by atoms with Gasteiger partial charge in [-0.2, -0.15) is 4.98 Å². The molecule has 1 aliphatic carbocycles. The smallest absolute Gasteiger partial charge is 0.234 e. The summed E-state index contributed by atoms with van der Waals surface area (Å²) < 4.78 is 5.72. The normalized spacial score (nSPS) is 25.6. The predicted molar refractivity (Wildman–Crippen MR) is 94.2 cm³/mol. The van der Waals surface area contributed by atoms with Gasteiger partial charge in [0, 0.05) is 18.1 Å². The van der Waals surface area contributed by atoms with E-state index in [0.29, 0.717) is 11.7 Å². The average Bonchev–Trinajstić information content (AvgIpc) is 3.29. The van der Waals surface area contributed by atoms with E-state index in [1.165, 1.54) is 12.8 Å². The first-order valence-corrected chi connectivity index (χ1v) is 8.26. The van der Waals surface area contributed by atoms with Gasteiger partial charge in [-0.05, 0) is 36.8 Å². The van der Waals surface area contributed by atoms with E-state index in [1.54, 1.807) is 0 Å². The molecule has 2 aromatic heterocycles. The summed E-state index contributed by atoms with van der Waals surface area (Å²) in [6.45, 7) is 2.01. The first-order valence-electron chi connectivity index (χ1n) is 8.26. The number of pyridine rings is 1. The maximum atomic E-state index is 5.72. The van der Waals surface area contributed by atoms with Crippen molar-refractivity contribution in [3.63, 3.8) is 0 Å². The molecule has 24 heavy (non-hydrogen) atoms. The first kappa shape index (κ1) is 15.5. The van der Waals surface area contributed by atoms with Crippen LogP contribution in [0, 0.1) is 5.92 Å². The molecule has 1 aromatic carbocycles. The van der Waals surface area contributed by atoms with Gasteiger partial charge >= 0.3 is 0 Å². The summed E-state index contributed by atoms with van der Waals surface area (Å²) in [5.74, 6) is 2.01. The number of halogens is 1. The molecule has 1 N–H and O–H groups in total. The van der Waals surface area contributed by atoms with E-state index >= 15 is 0 Å². The number of nitrogens with one attached hydrogen (secondary N) is 1. The van der Waals surface area contributed by atoms with Gasteiger partial charge in [0.05, 0.1) is 5.41 Å². The molecule has 0 unspecified atom stereocenters. The summed E-state index contributed by atoms with van der Waals surface area (Å²) in [5.41, 5.74) is 0.838. The summed E-state index contributed by atoms with van der Waals surface area (Å²) in [6, 6.07) is 10.2. The summed E-state index contributed by atoms with van der Waals surface area (Å²) in [5, 5.41) is 9.96. The molecule has 3 heterocycles. The van der Waals surface area contributed by atoms with E-state index in [9.17, 15) is 0 Å². The van der Waals surface area contributed by atoms with Crippen LogP contribution in [0.15, 0.2) is 41.1 Å². The molecule has 2 atom stereocenters. The Kier molecular flexibility index (Phi) is 3.77. The van der Waals surface area contributed by atoms with Gasteiger partial charge in [0.25, 0.3) is 0 Å². The lowest BCUT2D eigenvalue weighted by molar-refractivity contribution is 0.265. The zero-order chi connectivity index (χ0) is 15.3. The molecule has 1 saturated carbocycles. The monoisotopic (exact) mass is 342 g/mol. The molecule has 5 rings (SSSR count). The van der Waals surface area contributed by atoms with Gasteiger partial charge in [-0.1, -0.05) is 35.8 Å². The molecule has 1 aliphatic heterocycles. The van der Waals surface area contributed by atoms with Crippen molar-refractivity contribution in [2.75, 3.05) is 13.1 Å². The maximum absolute atomic E-state index is 5.72. The van der Waals surface area contributed by atoms with Crippen LogP contribution in [-0.4, -0.2) is 28.2 Å². The minimum absolute atomic E-state index is 0. The molecule has 2 fully saturated rings. The van der Waals surface area contributed by atoms with Crippen molar-refractivity contribution in [2.45, 2.75) is 24.7 Å². The van der Waals surface area contributed by atoms with Crippen molar-refractivity contribution < 1.29 is 4.52 Å². The van der Waals surface area contributed by atoms with Crippen LogP contribution in [0.25, 0.3) is 22.3 Å². The third kappa shape index (κ3) is 2.15. The maximum Gasteiger partial charge on any atom is 0.234 e. The number of hydrogen-bond acceptors (Lipinski definition) is 5. The fraction of sp³-hybridized carbons (Fsp3) is 0.389. The van der Waals surface area contributed by atoms with Crippen molar-refractivity contribution in [3.05, 3.63) is 42.4 Å². The van der Waals surface area contributed by atoms with Gasteiger partial charge < -0.3 is 9.84 Å². The van der Waals surface area contributed by atoms with Crippen LogP contribution in [0.1, 0.15) is 25.2 Å². The van der Waals surface area contributed by atoms with Crippen molar-refractivity contribution in [1.82, 2.24) is 20.4 Å². The highest BCUT2D eigenvalue weighted by atomic mass is 35.5. The van der Waals surface area contributed by atoms with Crippen molar-refractivity contribution >= 4 is 23.2 Å². The predicted octanol–water partition coefficient (Wildman–Crippen LogP) is 3.35. The second-order valence-electron chi connectivity index (χ2n) is 6.68. The van der Waals surface area contributed by atoms with Gasteiger partial charge in [-0.25, -0.2) is 0 Å². The molecular weight excluding hydrogens is 324 g/mol. The van der Waals surface area contributed by atoms with Crippen LogP contribution in [-0.2, 0) is 5.41 Å². The van der Waals surface area contributed by atoms with Crippen molar-refractivity contribution in [3.8, 4) is 11.5 Å². The zero-order valence-corrected chi connectivity index (χ0v) is 14.1. The summed E-state index contributed by atoms with van der Waals surface area (Å²) >= 11 is 0. The van der Waals surface area contributed by atoms with E-state index in [0.717, 1.165) is 41.9 Å². The highest BCUT2D eigenvalue weighted by Crippen LogP contribution is 2.47. The van der Waals surface area contributed by atoms with Gasteiger partial charge in [-0.3, -0.25) is 4.98 Å². The van der Waals surface area contributed by atoms with E-state index in [4.69, 9.17) is 9.51 Å². The number of aromatic nitrogens is 3. The largest absolute Gasteiger partial charge is 0.338 e. The van der Waals surface area contributed by atoms with Gasteiger partial charge in [0.15, 0.2) is 0 Å². The lowest BCUT2D eigenvalue weighted by atomic mass is 9.80. The third-order valence-electron chi connectivity index (χ3n) is 5.53. The Balaban J connectivity index is 0.00000146. The van der Waals surface area contributed by atoms with Gasteiger partial charge in [0.2, 0.25) is 11.7 Å².